The Hall–Kier alpha value is -0.620. The van der Waals surface area contributed by atoms with E-state index in [0.717, 1.165) is 18.4 Å². The first-order valence-corrected chi connectivity index (χ1v) is 8.22. The summed E-state index contributed by atoms with van der Waals surface area (Å²) >= 11 is 6.08. The number of halogens is 1. The van der Waals surface area contributed by atoms with Crippen LogP contribution in [0, 0.1) is 0 Å². The first-order chi connectivity index (χ1) is 8.90. The second-order valence-corrected chi connectivity index (χ2v) is 6.72. The minimum atomic E-state index is -3.49. The lowest BCUT2D eigenvalue weighted by molar-refractivity contribution is 0.544. The molecule has 0 aliphatic rings. The Morgan fingerprint density at radius 3 is 2.58 bits per heavy atom. The first-order valence-electron chi connectivity index (χ1n) is 6.36. The first kappa shape index (κ1) is 16.4. The van der Waals surface area contributed by atoms with Gasteiger partial charge in [0.25, 0.3) is 0 Å². The van der Waals surface area contributed by atoms with Gasteiger partial charge in [-0.1, -0.05) is 31.0 Å². The zero-order valence-electron chi connectivity index (χ0n) is 11.5. The van der Waals surface area contributed by atoms with Crippen molar-refractivity contribution < 1.29 is 8.42 Å². The standard InChI is InChI=1S/C13H21ClN2O2S/c1-4-5-10(2)16-19(17,18)12-7-6-11(9-15-3)13(14)8-12/h6-8,10,15-16H,4-5,9H2,1-3H3. The highest BCUT2D eigenvalue weighted by Gasteiger charge is 2.18. The molecule has 0 aliphatic carbocycles. The molecule has 1 aromatic carbocycles. The van der Waals surface area contributed by atoms with Crippen LogP contribution in [0.15, 0.2) is 23.1 Å². The third-order valence-corrected chi connectivity index (χ3v) is 4.72. The van der Waals surface area contributed by atoms with Crippen LogP contribution in [0.1, 0.15) is 32.3 Å². The summed E-state index contributed by atoms with van der Waals surface area (Å²) in [5.41, 5.74) is 0.879. The van der Waals surface area contributed by atoms with Crippen LogP contribution in [0.2, 0.25) is 5.02 Å². The van der Waals surface area contributed by atoms with E-state index < -0.39 is 10.0 Å². The minimum absolute atomic E-state index is 0.0780. The zero-order valence-corrected chi connectivity index (χ0v) is 13.1. The molecule has 19 heavy (non-hydrogen) atoms. The molecule has 6 heteroatoms. The van der Waals surface area contributed by atoms with Crippen molar-refractivity contribution in [3.05, 3.63) is 28.8 Å². The average molecular weight is 305 g/mol. The smallest absolute Gasteiger partial charge is 0.240 e. The number of nitrogens with one attached hydrogen (secondary N) is 2. The summed E-state index contributed by atoms with van der Waals surface area (Å²) in [7, 11) is -1.68. The average Bonchev–Trinajstić information content (AvgIpc) is 2.31. The third kappa shape index (κ3) is 4.76. The molecule has 1 rings (SSSR count). The molecule has 4 nitrogen and oxygen atoms in total. The Morgan fingerprint density at radius 2 is 2.05 bits per heavy atom. The molecule has 0 spiro atoms. The Morgan fingerprint density at radius 1 is 1.37 bits per heavy atom. The van der Waals surface area contributed by atoms with Crippen molar-refractivity contribution >= 4 is 21.6 Å². The predicted molar refractivity (Wildman–Crippen MR) is 78.9 cm³/mol. The van der Waals surface area contributed by atoms with Crippen molar-refractivity contribution in [2.75, 3.05) is 7.05 Å². The highest BCUT2D eigenvalue weighted by Crippen LogP contribution is 2.21. The summed E-state index contributed by atoms with van der Waals surface area (Å²) in [4.78, 5) is 0.209. The SMILES string of the molecule is CCCC(C)NS(=O)(=O)c1ccc(CNC)c(Cl)c1. The Labute approximate surface area is 120 Å². The Kier molecular flexibility index (Phi) is 6.26. The monoisotopic (exact) mass is 304 g/mol. The van der Waals surface area contributed by atoms with Gasteiger partial charge in [0.15, 0.2) is 0 Å². The number of hydrogen-bond acceptors (Lipinski definition) is 3. The molecule has 108 valence electrons. The van der Waals surface area contributed by atoms with Crippen molar-refractivity contribution in [1.29, 1.82) is 0 Å². The summed E-state index contributed by atoms with van der Waals surface area (Å²) in [5, 5.41) is 3.44. The molecule has 0 heterocycles. The predicted octanol–water partition coefficient (Wildman–Crippen LogP) is 2.53. The van der Waals surface area contributed by atoms with Gasteiger partial charge in [0.2, 0.25) is 10.0 Å². The van der Waals surface area contributed by atoms with Crippen molar-refractivity contribution in [3.8, 4) is 0 Å². The lowest BCUT2D eigenvalue weighted by Gasteiger charge is -2.14. The Balaban J connectivity index is 2.93. The van der Waals surface area contributed by atoms with Gasteiger partial charge in [-0.2, -0.15) is 0 Å². The van der Waals surface area contributed by atoms with Gasteiger partial charge in [-0.05, 0) is 38.1 Å². The maximum Gasteiger partial charge on any atom is 0.240 e. The van der Waals surface area contributed by atoms with Crippen molar-refractivity contribution in [2.24, 2.45) is 0 Å². The fourth-order valence-electron chi connectivity index (χ4n) is 1.85. The molecule has 2 N–H and O–H groups in total. The Bertz CT molecular complexity index is 517. The highest BCUT2D eigenvalue weighted by atomic mass is 35.5. The second-order valence-electron chi connectivity index (χ2n) is 4.59. The highest BCUT2D eigenvalue weighted by molar-refractivity contribution is 7.89. The van der Waals surface area contributed by atoms with Gasteiger partial charge in [-0.3, -0.25) is 0 Å². The topological polar surface area (TPSA) is 58.2 Å². The normalized spacial score (nSPS) is 13.5. The molecule has 0 fully saturated rings. The summed E-state index contributed by atoms with van der Waals surface area (Å²) in [6.07, 6.45) is 1.75. The molecule has 1 aromatic rings. The van der Waals surface area contributed by atoms with E-state index in [4.69, 9.17) is 11.6 Å². The molecular weight excluding hydrogens is 284 g/mol. The van der Waals surface area contributed by atoms with E-state index >= 15 is 0 Å². The molecule has 1 atom stereocenters. The third-order valence-electron chi connectivity index (χ3n) is 2.78. The van der Waals surface area contributed by atoms with E-state index in [1.807, 2.05) is 20.9 Å². The molecule has 0 amide bonds. The maximum absolute atomic E-state index is 12.2. The van der Waals surface area contributed by atoms with E-state index in [-0.39, 0.29) is 10.9 Å². The van der Waals surface area contributed by atoms with Crippen LogP contribution in [0.4, 0.5) is 0 Å². The van der Waals surface area contributed by atoms with Crippen LogP contribution in [-0.2, 0) is 16.6 Å². The molecular formula is C13H21ClN2O2S. The van der Waals surface area contributed by atoms with E-state index in [1.54, 1.807) is 12.1 Å². The van der Waals surface area contributed by atoms with Crippen molar-refractivity contribution in [3.63, 3.8) is 0 Å². The molecule has 0 radical (unpaired) electrons. The van der Waals surface area contributed by atoms with Gasteiger partial charge >= 0.3 is 0 Å². The summed E-state index contributed by atoms with van der Waals surface area (Å²) in [6, 6.07) is 4.73. The maximum atomic E-state index is 12.2. The van der Waals surface area contributed by atoms with Gasteiger partial charge < -0.3 is 5.32 Å². The van der Waals surface area contributed by atoms with Crippen LogP contribution >= 0.6 is 11.6 Å². The quantitative estimate of drug-likeness (QED) is 0.814. The number of benzene rings is 1. The fourth-order valence-corrected chi connectivity index (χ4v) is 3.47. The van der Waals surface area contributed by atoms with Crippen LogP contribution in [0.3, 0.4) is 0 Å². The number of sulfonamides is 1. The van der Waals surface area contributed by atoms with Crippen LogP contribution < -0.4 is 10.0 Å². The molecule has 1 unspecified atom stereocenters. The largest absolute Gasteiger partial charge is 0.316 e. The molecule has 0 aromatic heterocycles. The summed E-state index contributed by atoms with van der Waals surface area (Å²) in [5.74, 6) is 0. The summed E-state index contributed by atoms with van der Waals surface area (Å²) < 4.78 is 27.0. The molecule has 0 saturated heterocycles. The van der Waals surface area contributed by atoms with E-state index in [9.17, 15) is 8.42 Å². The second kappa shape index (κ2) is 7.24. The van der Waals surface area contributed by atoms with Crippen LogP contribution in [-0.4, -0.2) is 21.5 Å². The van der Waals surface area contributed by atoms with Gasteiger partial charge in [-0.15, -0.1) is 0 Å². The van der Waals surface area contributed by atoms with Crippen molar-refractivity contribution in [1.82, 2.24) is 10.0 Å². The van der Waals surface area contributed by atoms with Gasteiger partial charge in [-0.25, -0.2) is 13.1 Å². The van der Waals surface area contributed by atoms with E-state index in [0.29, 0.717) is 11.6 Å². The molecule has 0 bridgehead atoms. The summed E-state index contributed by atoms with van der Waals surface area (Å²) in [6.45, 7) is 4.49. The fraction of sp³-hybridized carbons (Fsp3) is 0.538. The lowest BCUT2D eigenvalue weighted by atomic mass is 10.2. The van der Waals surface area contributed by atoms with Crippen LogP contribution in [0.5, 0.6) is 0 Å². The number of rotatable bonds is 7. The van der Waals surface area contributed by atoms with Crippen LogP contribution in [0.25, 0.3) is 0 Å². The molecule has 0 aliphatic heterocycles. The van der Waals surface area contributed by atoms with E-state index in [2.05, 4.69) is 10.0 Å². The number of hydrogen-bond donors (Lipinski definition) is 2. The lowest BCUT2D eigenvalue weighted by Crippen LogP contribution is -2.32. The van der Waals surface area contributed by atoms with Gasteiger partial charge in [0, 0.05) is 17.6 Å². The zero-order chi connectivity index (χ0) is 14.5. The van der Waals surface area contributed by atoms with Crippen molar-refractivity contribution in [2.45, 2.75) is 44.2 Å². The minimum Gasteiger partial charge on any atom is -0.316 e. The van der Waals surface area contributed by atoms with E-state index in [1.165, 1.54) is 6.07 Å². The van der Waals surface area contributed by atoms with Gasteiger partial charge in [0.1, 0.15) is 0 Å². The molecule has 0 saturated carbocycles. The van der Waals surface area contributed by atoms with Gasteiger partial charge in [0.05, 0.1) is 4.90 Å².